The molecule has 0 unspecified atom stereocenters. The number of hydrogen-bond acceptors (Lipinski definition) is 8. The second-order valence-corrected chi connectivity index (χ2v) is 4.23. The Kier molecular flexibility index (Phi) is 9.30. The summed E-state index contributed by atoms with van der Waals surface area (Å²) in [6.07, 6.45) is 2.33. The summed E-state index contributed by atoms with van der Waals surface area (Å²) in [5.74, 6) is -0.822. The van der Waals surface area contributed by atoms with Crippen molar-refractivity contribution in [2.75, 3.05) is 26.0 Å². The first-order valence-electron chi connectivity index (χ1n) is 6.97. The number of likely N-dealkylation sites (N-methyl/N-ethyl adjacent to an activating group) is 1. The highest BCUT2D eigenvalue weighted by molar-refractivity contribution is 5.89. The SMILES string of the molecule is CCOC(=O)/C(=C\O)N(C)C=O.CCOC(=O)c1cnc(N)n1C. The average molecular weight is 342 g/mol. The van der Waals surface area contributed by atoms with E-state index in [2.05, 4.69) is 9.72 Å². The molecule has 134 valence electrons. The van der Waals surface area contributed by atoms with Crippen molar-refractivity contribution in [1.29, 1.82) is 0 Å². The van der Waals surface area contributed by atoms with Gasteiger partial charge >= 0.3 is 11.9 Å². The van der Waals surface area contributed by atoms with Gasteiger partial charge in [-0.1, -0.05) is 0 Å². The van der Waals surface area contributed by atoms with Crippen LogP contribution >= 0.6 is 0 Å². The van der Waals surface area contributed by atoms with Gasteiger partial charge in [0.1, 0.15) is 12.0 Å². The standard InChI is InChI=1S/C7H11N3O2.C7H11NO4/c1-3-12-6(11)5-4-9-7(8)10(5)2;1-3-12-7(11)6(4-9)8(2)5-10/h4H,3H2,1-2H3,(H2,8,9);4-5,9H,3H2,1-2H3/b;6-4+. The van der Waals surface area contributed by atoms with Crippen molar-refractivity contribution in [1.82, 2.24) is 14.5 Å². The van der Waals surface area contributed by atoms with Crippen LogP contribution in [-0.2, 0) is 26.1 Å². The maximum Gasteiger partial charge on any atom is 0.358 e. The Hall–Kier alpha value is -3.04. The number of aliphatic hydroxyl groups excluding tert-OH is 1. The third kappa shape index (κ3) is 5.99. The molecule has 3 N–H and O–H groups in total. The zero-order valence-electron chi connectivity index (χ0n) is 14.1. The minimum Gasteiger partial charge on any atom is -0.513 e. The van der Waals surface area contributed by atoms with E-state index in [1.165, 1.54) is 17.8 Å². The van der Waals surface area contributed by atoms with Gasteiger partial charge in [-0.25, -0.2) is 14.6 Å². The third-order valence-electron chi connectivity index (χ3n) is 2.65. The molecule has 0 bridgehead atoms. The van der Waals surface area contributed by atoms with Gasteiger partial charge in [-0.2, -0.15) is 0 Å². The number of ether oxygens (including phenoxy) is 2. The lowest BCUT2D eigenvalue weighted by Gasteiger charge is -2.11. The van der Waals surface area contributed by atoms with E-state index in [0.29, 0.717) is 30.9 Å². The predicted molar refractivity (Wildman–Crippen MR) is 84.7 cm³/mol. The van der Waals surface area contributed by atoms with Crippen molar-refractivity contribution in [2.45, 2.75) is 13.8 Å². The molecule has 0 aromatic carbocycles. The van der Waals surface area contributed by atoms with Crippen LogP contribution in [0.5, 0.6) is 0 Å². The van der Waals surface area contributed by atoms with Crippen LogP contribution in [0.1, 0.15) is 24.3 Å². The molecule has 1 aromatic rings. The number of aliphatic hydroxyl groups is 1. The quantitative estimate of drug-likeness (QED) is 0.324. The van der Waals surface area contributed by atoms with Crippen molar-refractivity contribution in [3.8, 4) is 0 Å². The van der Waals surface area contributed by atoms with Crippen molar-refractivity contribution < 1.29 is 29.0 Å². The molecule has 0 aliphatic rings. The number of anilines is 1. The highest BCUT2D eigenvalue weighted by Crippen LogP contribution is 2.05. The molecule has 0 radical (unpaired) electrons. The molecule has 0 fully saturated rings. The van der Waals surface area contributed by atoms with Gasteiger partial charge in [0.05, 0.1) is 19.4 Å². The lowest BCUT2D eigenvalue weighted by Crippen LogP contribution is -2.23. The van der Waals surface area contributed by atoms with Gasteiger partial charge in [-0.15, -0.1) is 0 Å². The zero-order chi connectivity index (χ0) is 18.7. The van der Waals surface area contributed by atoms with Crippen LogP contribution in [0, 0.1) is 0 Å². The molecular formula is C14H22N4O6. The average Bonchev–Trinajstić information content (AvgIpc) is 2.88. The number of aromatic nitrogens is 2. The summed E-state index contributed by atoms with van der Waals surface area (Å²) in [5, 5.41) is 8.56. The second-order valence-electron chi connectivity index (χ2n) is 4.23. The molecule has 0 saturated heterocycles. The Morgan fingerprint density at radius 1 is 1.38 bits per heavy atom. The Morgan fingerprint density at radius 2 is 1.96 bits per heavy atom. The number of nitrogens with zero attached hydrogens (tertiary/aromatic N) is 3. The molecule has 1 heterocycles. The summed E-state index contributed by atoms with van der Waals surface area (Å²) in [5.41, 5.74) is 5.60. The fourth-order valence-electron chi connectivity index (χ4n) is 1.37. The minimum absolute atomic E-state index is 0.188. The first-order chi connectivity index (χ1) is 11.3. The largest absolute Gasteiger partial charge is 0.513 e. The van der Waals surface area contributed by atoms with Crippen molar-refractivity contribution in [2.24, 2.45) is 7.05 Å². The van der Waals surface area contributed by atoms with Crippen LogP contribution in [0.15, 0.2) is 18.2 Å². The van der Waals surface area contributed by atoms with E-state index in [1.807, 2.05) is 0 Å². The molecule has 0 atom stereocenters. The molecule has 0 aliphatic carbocycles. The normalized spacial score (nSPS) is 10.2. The number of imidazole rings is 1. The van der Waals surface area contributed by atoms with Gasteiger partial charge in [0.25, 0.3) is 0 Å². The summed E-state index contributed by atoms with van der Waals surface area (Å²) in [4.78, 5) is 36.9. The van der Waals surface area contributed by atoms with Gasteiger partial charge in [0.15, 0.2) is 5.70 Å². The lowest BCUT2D eigenvalue weighted by molar-refractivity contribution is -0.141. The zero-order valence-corrected chi connectivity index (χ0v) is 14.1. The smallest absolute Gasteiger partial charge is 0.358 e. The molecule has 0 aliphatic heterocycles. The summed E-state index contributed by atoms with van der Waals surface area (Å²) in [6.45, 7) is 3.93. The first kappa shape index (κ1) is 21.0. The first-order valence-corrected chi connectivity index (χ1v) is 6.97. The maximum atomic E-state index is 11.1. The van der Waals surface area contributed by atoms with Gasteiger partial charge in [0, 0.05) is 14.1 Å². The molecule has 10 nitrogen and oxygen atoms in total. The third-order valence-corrected chi connectivity index (χ3v) is 2.65. The van der Waals surface area contributed by atoms with Crippen molar-refractivity contribution in [3.63, 3.8) is 0 Å². The van der Waals surface area contributed by atoms with Gasteiger partial charge in [0.2, 0.25) is 12.4 Å². The molecule has 1 aromatic heterocycles. The molecule has 0 spiro atoms. The molecule has 1 amide bonds. The molecular weight excluding hydrogens is 320 g/mol. The van der Waals surface area contributed by atoms with Crippen LogP contribution in [0.2, 0.25) is 0 Å². The fraction of sp³-hybridized carbons (Fsp3) is 0.429. The predicted octanol–water partition coefficient (Wildman–Crippen LogP) is 0.216. The van der Waals surface area contributed by atoms with E-state index in [4.69, 9.17) is 15.6 Å². The Bertz CT molecular complexity index is 596. The number of rotatable bonds is 6. The molecule has 1 rings (SSSR count). The Balaban J connectivity index is 0.000000441. The lowest BCUT2D eigenvalue weighted by atomic mass is 10.4. The number of amides is 1. The molecule has 0 saturated carbocycles. The molecule has 10 heteroatoms. The van der Waals surface area contributed by atoms with Crippen molar-refractivity contribution in [3.05, 3.63) is 23.8 Å². The summed E-state index contributed by atoms with van der Waals surface area (Å²) in [6, 6.07) is 0. The van der Waals surface area contributed by atoms with Crippen LogP contribution in [-0.4, -0.2) is 58.2 Å². The van der Waals surface area contributed by atoms with Gasteiger partial charge in [-0.05, 0) is 13.8 Å². The van der Waals surface area contributed by atoms with Gasteiger partial charge in [-0.3, -0.25) is 4.79 Å². The van der Waals surface area contributed by atoms with Crippen molar-refractivity contribution >= 4 is 24.3 Å². The van der Waals surface area contributed by atoms with Crippen LogP contribution in [0.4, 0.5) is 5.95 Å². The van der Waals surface area contributed by atoms with E-state index >= 15 is 0 Å². The van der Waals surface area contributed by atoms with E-state index in [0.717, 1.165) is 4.90 Å². The monoisotopic (exact) mass is 342 g/mol. The maximum absolute atomic E-state index is 11.1. The number of hydrogen-bond donors (Lipinski definition) is 2. The second kappa shape index (κ2) is 10.6. The van der Waals surface area contributed by atoms with Crippen LogP contribution < -0.4 is 5.73 Å². The number of carbonyl (C=O) groups excluding carboxylic acids is 3. The topological polar surface area (TPSA) is 137 Å². The Labute approximate surface area is 139 Å². The van der Waals surface area contributed by atoms with E-state index < -0.39 is 11.9 Å². The summed E-state index contributed by atoms with van der Waals surface area (Å²) in [7, 11) is 3.00. The highest BCUT2D eigenvalue weighted by atomic mass is 16.5. The molecule has 24 heavy (non-hydrogen) atoms. The van der Waals surface area contributed by atoms with Gasteiger partial charge < -0.3 is 29.8 Å². The summed E-state index contributed by atoms with van der Waals surface area (Å²) < 4.78 is 10.8. The number of nitrogens with two attached hydrogens (primary N) is 1. The summed E-state index contributed by atoms with van der Waals surface area (Å²) >= 11 is 0. The van der Waals surface area contributed by atoms with Crippen LogP contribution in [0.25, 0.3) is 0 Å². The highest BCUT2D eigenvalue weighted by Gasteiger charge is 2.14. The van der Waals surface area contributed by atoms with E-state index in [1.54, 1.807) is 20.9 Å². The van der Waals surface area contributed by atoms with Crippen LogP contribution in [0.3, 0.4) is 0 Å². The minimum atomic E-state index is -0.727. The number of carbonyl (C=O) groups is 3. The number of esters is 2. The van der Waals surface area contributed by atoms with E-state index in [9.17, 15) is 14.4 Å². The fourth-order valence-corrected chi connectivity index (χ4v) is 1.37. The number of nitrogen functional groups attached to an aromatic ring is 1. The van der Waals surface area contributed by atoms with E-state index in [-0.39, 0.29) is 12.3 Å². The Morgan fingerprint density at radius 3 is 2.33 bits per heavy atom.